The van der Waals surface area contributed by atoms with Gasteiger partial charge in [0.25, 0.3) is 0 Å². The Bertz CT molecular complexity index is 839. The zero-order chi connectivity index (χ0) is 21.9. The second kappa shape index (κ2) is 12.0. The molecule has 0 saturated carbocycles. The van der Waals surface area contributed by atoms with E-state index in [1.807, 2.05) is 24.4 Å². The molecule has 1 unspecified atom stereocenters. The summed E-state index contributed by atoms with van der Waals surface area (Å²) in [5, 5.41) is 5.12. The maximum Gasteiger partial charge on any atom is 0.153 e. The highest BCUT2D eigenvalue weighted by atomic mass is 16.1. The van der Waals surface area contributed by atoms with E-state index in [2.05, 4.69) is 44.4 Å². The van der Waals surface area contributed by atoms with Gasteiger partial charge in [0.1, 0.15) is 24.5 Å². The summed E-state index contributed by atoms with van der Waals surface area (Å²) < 4.78 is 0. The minimum absolute atomic E-state index is 0.474. The molecule has 3 rings (SSSR count). The standard InChI is InChI=1S/C23H33N7O/c1-3-29(4-2)13-8-6-5-7-12-25-22-14-23(27-18-26-22)30-21(17-31)20(16-28-30)19-10-9-11-24-15-19/h9-11,14-18,21,28H,3-8,12-13H2,1-2H3,(H,25,26,27). The third kappa shape index (κ3) is 6.24. The predicted octanol–water partition coefficient (Wildman–Crippen LogP) is 3.12. The van der Waals surface area contributed by atoms with E-state index in [-0.39, 0.29) is 0 Å². The van der Waals surface area contributed by atoms with Crippen molar-refractivity contribution in [2.75, 3.05) is 36.5 Å². The van der Waals surface area contributed by atoms with Gasteiger partial charge >= 0.3 is 0 Å². The van der Waals surface area contributed by atoms with Crippen molar-refractivity contribution in [2.24, 2.45) is 0 Å². The first-order valence-corrected chi connectivity index (χ1v) is 11.2. The number of carbonyl (C=O) groups excluding carboxylic acids is 1. The minimum atomic E-state index is -0.474. The molecule has 8 nitrogen and oxygen atoms in total. The molecule has 0 spiro atoms. The SMILES string of the molecule is CCN(CC)CCCCCCNc1cc(N2NC=C(c3cccnc3)C2C=O)ncn1. The molecule has 1 aliphatic rings. The molecule has 1 aliphatic heterocycles. The van der Waals surface area contributed by atoms with E-state index in [9.17, 15) is 4.79 Å². The van der Waals surface area contributed by atoms with Crippen LogP contribution in [0.4, 0.5) is 11.6 Å². The molecule has 0 amide bonds. The lowest BCUT2D eigenvalue weighted by Gasteiger charge is -2.23. The van der Waals surface area contributed by atoms with Gasteiger partial charge in [0.05, 0.1) is 0 Å². The van der Waals surface area contributed by atoms with Crippen LogP contribution in [0.15, 0.2) is 43.1 Å². The normalized spacial score (nSPS) is 15.6. The monoisotopic (exact) mass is 423 g/mol. The van der Waals surface area contributed by atoms with Crippen LogP contribution in [-0.4, -0.2) is 58.4 Å². The maximum atomic E-state index is 11.8. The number of anilines is 2. The van der Waals surface area contributed by atoms with Gasteiger partial charge in [-0.1, -0.05) is 32.8 Å². The molecule has 2 aromatic rings. The molecule has 8 heteroatoms. The van der Waals surface area contributed by atoms with Gasteiger partial charge in [-0.25, -0.2) is 9.97 Å². The molecule has 0 bridgehead atoms. The zero-order valence-corrected chi connectivity index (χ0v) is 18.5. The summed E-state index contributed by atoms with van der Waals surface area (Å²) in [5.41, 5.74) is 4.92. The highest BCUT2D eigenvalue weighted by Crippen LogP contribution is 2.27. The molecule has 1 atom stereocenters. The molecule has 0 fully saturated rings. The van der Waals surface area contributed by atoms with Gasteiger partial charge < -0.3 is 20.4 Å². The van der Waals surface area contributed by atoms with Gasteiger partial charge in [-0.05, 0) is 38.5 Å². The summed E-state index contributed by atoms with van der Waals surface area (Å²) in [4.78, 5) is 27.1. The van der Waals surface area contributed by atoms with Gasteiger partial charge in [0, 0.05) is 42.3 Å². The van der Waals surface area contributed by atoms with Crippen LogP contribution >= 0.6 is 0 Å². The highest BCUT2D eigenvalue weighted by molar-refractivity contribution is 5.89. The predicted molar refractivity (Wildman–Crippen MR) is 124 cm³/mol. The van der Waals surface area contributed by atoms with Gasteiger partial charge in [0.2, 0.25) is 0 Å². The van der Waals surface area contributed by atoms with E-state index in [1.165, 1.54) is 32.1 Å². The molecule has 2 aromatic heterocycles. The van der Waals surface area contributed by atoms with Gasteiger partial charge in [0.15, 0.2) is 5.82 Å². The largest absolute Gasteiger partial charge is 0.370 e. The second-order valence-electron chi connectivity index (χ2n) is 7.55. The third-order valence-corrected chi connectivity index (χ3v) is 5.58. The number of unbranched alkanes of at least 4 members (excludes halogenated alkanes) is 3. The Balaban J connectivity index is 1.48. The molecule has 0 aromatic carbocycles. The summed E-state index contributed by atoms with van der Waals surface area (Å²) in [6.45, 7) is 8.74. The van der Waals surface area contributed by atoms with E-state index in [0.29, 0.717) is 5.82 Å². The van der Waals surface area contributed by atoms with Gasteiger partial charge in [-0.3, -0.25) is 9.99 Å². The fraction of sp³-hybridized carbons (Fsp3) is 0.478. The number of nitrogens with one attached hydrogen (secondary N) is 2. The number of hydrogen-bond acceptors (Lipinski definition) is 8. The molecule has 31 heavy (non-hydrogen) atoms. The molecule has 2 N–H and O–H groups in total. The van der Waals surface area contributed by atoms with Gasteiger partial charge in [-0.2, -0.15) is 0 Å². The zero-order valence-electron chi connectivity index (χ0n) is 18.5. The van der Waals surface area contributed by atoms with Crippen molar-refractivity contribution in [3.63, 3.8) is 0 Å². The highest BCUT2D eigenvalue weighted by Gasteiger charge is 2.29. The molecule has 3 heterocycles. The lowest BCUT2D eigenvalue weighted by Crippen LogP contribution is -2.40. The first-order valence-electron chi connectivity index (χ1n) is 11.2. The Morgan fingerprint density at radius 2 is 2.03 bits per heavy atom. The minimum Gasteiger partial charge on any atom is -0.370 e. The third-order valence-electron chi connectivity index (χ3n) is 5.58. The quantitative estimate of drug-likeness (QED) is 0.375. The number of aldehydes is 1. The molecule has 0 aliphatic carbocycles. The maximum absolute atomic E-state index is 11.8. The number of aromatic nitrogens is 3. The lowest BCUT2D eigenvalue weighted by atomic mass is 10.0. The average molecular weight is 424 g/mol. The van der Waals surface area contributed by atoms with Crippen molar-refractivity contribution in [3.05, 3.63) is 48.7 Å². The van der Waals surface area contributed by atoms with Crippen molar-refractivity contribution in [1.29, 1.82) is 0 Å². The van der Waals surface area contributed by atoms with Crippen LogP contribution in [0.3, 0.4) is 0 Å². The van der Waals surface area contributed by atoms with Crippen molar-refractivity contribution in [3.8, 4) is 0 Å². The number of pyridine rings is 1. The first-order chi connectivity index (χ1) is 15.3. The van der Waals surface area contributed by atoms with Crippen LogP contribution < -0.4 is 15.8 Å². The smallest absolute Gasteiger partial charge is 0.153 e. The summed E-state index contributed by atoms with van der Waals surface area (Å²) in [6.07, 6.45) is 12.5. The van der Waals surface area contributed by atoms with E-state index >= 15 is 0 Å². The fourth-order valence-corrected chi connectivity index (χ4v) is 3.72. The van der Waals surface area contributed by atoms with E-state index in [1.54, 1.807) is 17.4 Å². The summed E-state index contributed by atoms with van der Waals surface area (Å²) in [7, 11) is 0. The average Bonchev–Trinajstić information content (AvgIpc) is 3.26. The van der Waals surface area contributed by atoms with E-state index in [0.717, 1.165) is 49.3 Å². The van der Waals surface area contributed by atoms with Crippen LogP contribution in [0.5, 0.6) is 0 Å². The van der Waals surface area contributed by atoms with Crippen LogP contribution in [0.2, 0.25) is 0 Å². The van der Waals surface area contributed by atoms with Crippen molar-refractivity contribution < 1.29 is 4.79 Å². The molecule has 0 radical (unpaired) electrons. The number of hydrazine groups is 1. The Kier molecular flexibility index (Phi) is 8.78. The first kappa shape index (κ1) is 22.7. The van der Waals surface area contributed by atoms with Crippen molar-refractivity contribution >= 4 is 23.5 Å². The summed E-state index contributed by atoms with van der Waals surface area (Å²) in [5.74, 6) is 1.40. The van der Waals surface area contributed by atoms with E-state index in [4.69, 9.17) is 0 Å². The Labute approximate surface area is 184 Å². The molecular weight excluding hydrogens is 390 g/mol. The van der Waals surface area contributed by atoms with E-state index < -0.39 is 6.04 Å². The molecular formula is C23H33N7O. The van der Waals surface area contributed by atoms with Crippen LogP contribution in [0, 0.1) is 0 Å². The summed E-state index contributed by atoms with van der Waals surface area (Å²) >= 11 is 0. The van der Waals surface area contributed by atoms with Crippen LogP contribution in [0.25, 0.3) is 5.57 Å². The number of rotatable bonds is 13. The number of hydrogen-bond donors (Lipinski definition) is 2. The van der Waals surface area contributed by atoms with Crippen molar-refractivity contribution in [1.82, 2.24) is 25.3 Å². The Hall–Kier alpha value is -3.00. The lowest BCUT2D eigenvalue weighted by molar-refractivity contribution is -0.107. The number of nitrogens with zero attached hydrogens (tertiary/aromatic N) is 5. The molecule has 166 valence electrons. The fourth-order valence-electron chi connectivity index (χ4n) is 3.72. The second-order valence-corrected chi connectivity index (χ2v) is 7.55. The Morgan fingerprint density at radius 1 is 1.19 bits per heavy atom. The van der Waals surface area contributed by atoms with Gasteiger partial charge in [-0.15, -0.1) is 0 Å². The molecule has 0 saturated heterocycles. The van der Waals surface area contributed by atoms with Crippen molar-refractivity contribution in [2.45, 2.75) is 45.6 Å². The summed E-state index contributed by atoms with van der Waals surface area (Å²) in [6, 6.07) is 5.19. The Morgan fingerprint density at radius 3 is 2.77 bits per heavy atom. The number of carbonyl (C=O) groups is 1. The topological polar surface area (TPSA) is 86.3 Å². The van der Waals surface area contributed by atoms with Crippen LogP contribution in [-0.2, 0) is 4.79 Å². The van der Waals surface area contributed by atoms with Crippen LogP contribution in [0.1, 0.15) is 45.1 Å².